The molecule has 1 atom stereocenters. The number of amides is 4. The zero-order chi connectivity index (χ0) is 25.1. The number of rotatable bonds is 5. The van der Waals surface area contributed by atoms with Crippen LogP contribution in [-0.4, -0.2) is 41.8 Å². The molecule has 0 radical (unpaired) electrons. The van der Waals surface area contributed by atoms with Gasteiger partial charge in [-0.3, -0.25) is 24.6 Å². The van der Waals surface area contributed by atoms with Crippen LogP contribution < -0.4 is 15.1 Å². The predicted molar refractivity (Wildman–Crippen MR) is 130 cm³/mol. The lowest BCUT2D eigenvalue weighted by Crippen LogP contribution is -2.54. The first-order valence-corrected chi connectivity index (χ1v) is 11.1. The average Bonchev–Trinajstić information content (AvgIpc) is 3.16. The van der Waals surface area contributed by atoms with E-state index in [-0.39, 0.29) is 17.5 Å². The fourth-order valence-corrected chi connectivity index (χ4v) is 3.83. The number of benzene rings is 3. The van der Waals surface area contributed by atoms with E-state index in [0.717, 1.165) is 15.5 Å². The second-order valence-electron chi connectivity index (χ2n) is 7.97. The molecule has 0 spiro atoms. The molecule has 3 aromatic carbocycles. The Balaban J connectivity index is 1.66. The summed E-state index contributed by atoms with van der Waals surface area (Å²) < 4.78 is 5.11. The molecule has 0 aliphatic carbocycles. The van der Waals surface area contributed by atoms with E-state index in [2.05, 4.69) is 5.43 Å². The van der Waals surface area contributed by atoms with Crippen molar-refractivity contribution < 1.29 is 23.9 Å². The van der Waals surface area contributed by atoms with E-state index < -0.39 is 29.7 Å². The first kappa shape index (κ1) is 24.0. The van der Waals surface area contributed by atoms with Crippen LogP contribution in [0.15, 0.2) is 72.8 Å². The number of halogens is 1. The maximum absolute atomic E-state index is 13.4. The maximum atomic E-state index is 13.4. The van der Waals surface area contributed by atoms with Gasteiger partial charge in [-0.15, -0.1) is 0 Å². The number of methoxy groups -OCH3 is 1. The summed E-state index contributed by atoms with van der Waals surface area (Å²) in [6.45, 7) is 1.89. The van der Waals surface area contributed by atoms with Crippen molar-refractivity contribution >= 4 is 40.9 Å². The molecule has 1 unspecified atom stereocenters. The summed E-state index contributed by atoms with van der Waals surface area (Å²) in [6.07, 6.45) is -0.283. The predicted octanol–water partition coefficient (Wildman–Crippen LogP) is 3.78. The molecule has 3 aromatic rings. The number of hydrogen-bond acceptors (Lipinski definition) is 5. The number of anilines is 1. The Morgan fingerprint density at radius 2 is 1.54 bits per heavy atom. The quantitative estimate of drug-likeness (QED) is 0.433. The van der Waals surface area contributed by atoms with E-state index in [1.165, 1.54) is 43.5 Å². The largest absolute Gasteiger partial charge is 0.497 e. The van der Waals surface area contributed by atoms with E-state index in [1.807, 2.05) is 6.92 Å². The van der Waals surface area contributed by atoms with E-state index in [4.69, 9.17) is 16.3 Å². The molecule has 1 heterocycles. The van der Waals surface area contributed by atoms with Crippen molar-refractivity contribution in [1.29, 1.82) is 0 Å². The lowest BCUT2D eigenvalue weighted by Gasteiger charge is -2.28. The number of carbonyl (C=O) groups excluding carboxylic acids is 4. The smallest absolute Gasteiger partial charge is 0.273 e. The first-order chi connectivity index (χ1) is 16.8. The van der Waals surface area contributed by atoms with Gasteiger partial charge in [-0.25, -0.2) is 9.91 Å². The summed E-state index contributed by atoms with van der Waals surface area (Å²) in [5.41, 5.74) is 4.33. The van der Waals surface area contributed by atoms with Gasteiger partial charge in [-0.1, -0.05) is 29.3 Å². The van der Waals surface area contributed by atoms with Gasteiger partial charge < -0.3 is 4.74 Å². The van der Waals surface area contributed by atoms with Gasteiger partial charge in [-0.05, 0) is 67.6 Å². The van der Waals surface area contributed by atoms with Gasteiger partial charge in [0, 0.05) is 16.1 Å². The van der Waals surface area contributed by atoms with E-state index in [9.17, 15) is 19.2 Å². The highest BCUT2D eigenvalue weighted by molar-refractivity contribution is 6.30. The number of ether oxygens (including phenoxy) is 1. The fraction of sp³-hybridized carbons (Fsp3) is 0.154. The van der Waals surface area contributed by atoms with E-state index >= 15 is 0 Å². The Kier molecular flexibility index (Phi) is 6.84. The minimum absolute atomic E-state index is 0.193. The molecule has 4 amide bonds. The highest BCUT2D eigenvalue weighted by atomic mass is 35.5. The Hall–Kier alpha value is -4.17. The molecule has 0 saturated carbocycles. The first-order valence-electron chi connectivity index (χ1n) is 10.8. The van der Waals surface area contributed by atoms with Crippen LogP contribution in [0.2, 0.25) is 5.02 Å². The monoisotopic (exact) mass is 491 g/mol. The van der Waals surface area contributed by atoms with Crippen molar-refractivity contribution in [2.75, 3.05) is 12.0 Å². The third-order valence-electron chi connectivity index (χ3n) is 5.61. The third kappa shape index (κ3) is 5.02. The number of hydrazine groups is 1. The average molecular weight is 492 g/mol. The van der Waals surface area contributed by atoms with Gasteiger partial charge in [0.05, 0.1) is 19.2 Å². The van der Waals surface area contributed by atoms with Crippen molar-refractivity contribution in [2.45, 2.75) is 19.4 Å². The summed E-state index contributed by atoms with van der Waals surface area (Å²) in [5, 5.41) is 1.34. The van der Waals surface area contributed by atoms with Gasteiger partial charge in [0.25, 0.3) is 17.7 Å². The van der Waals surface area contributed by atoms with Gasteiger partial charge in [0.1, 0.15) is 11.8 Å². The lowest BCUT2D eigenvalue weighted by atomic mass is 10.1. The number of carbonyl (C=O) groups is 4. The second kappa shape index (κ2) is 9.99. The molecule has 1 saturated heterocycles. The Bertz CT molecular complexity index is 1270. The van der Waals surface area contributed by atoms with Gasteiger partial charge in [0.2, 0.25) is 5.91 Å². The van der Waals surface area contributed by atoms with Crippen molar-refractivity contribution in [3.63, 3.8) is 0 Å². The molecule has 0 bridgehead atoms. The molecule has 1 fully saturated rings. The van der Waals surface area contributed by atoms with Crippen LogP contribution in [0.1, 0.15) is 32.7 Å². The van der Waals surface area contributed by atoms with Crippen LogP contribution in [0.5, 0.6) is 5.75 Å². The molecular formula is C26H22ClN3O5. The van der Waals surface area contributed by atoms with Crippen LogP contribution in [0.3, 0.4) is 0 Å². The second-order valence-corrected chi connectivity index (χ2v) is 8.41. The Labute approximate surface area is 207 Å². The zero-order valence-corrected chi connectivity index (χ0v) is 19.8. The molecule has 4 rings (SSSR count). The summed E-state index contributed by atoms with van der Waals surface area (Å²) in [5.74, 6) is -1.81. The van der Waals surface area contributed by atoms with E-state index in [0.29, 0.717) is 16.5 Å². The summed E-state index contributed by atoms with van der Waals surface area (Å²) in [6, 6.07) is 17.9. The lowest BCUT2D eigenvalue weighted by molar-refractivity contribution is -0.122. The molecule has 9 heteroatoms. The summed E-state index contributed by atoms with van der Waals surface area (Å²) >= 11 is 5.94. The van der Waals surface area contributed by atoms with Crippen LogP contribution in [0.25, 0.3) is 0 Å². The highest BCUT2D eigenvalue weighted by Crippen LogP contribution is 2.27. The topological polar surface area (TPSA) is 96.0 Å². The molecule has 0 aromatic heterocycles. The van der Waals surface area contributed by atoms with Gasteiger partial charge >= 0.3 is 0 Å². The minimum Gasteiger partial charge on any atom is -0.497 e. The molecule has 1 N–H and O–H groups in total. The van der Waals surface area contributed by atoms with Crippen molar-refractivity contribution in [3.05, 3.63) is 94.5 Å². The zero-order valence-electron chi connectivity index (χ0n) is 19.0. The summed E-state index contributed by atoms with van der Waals surface area (Å²) in [4.78, 5) is 53.6. The van der Waals surface area contributed by atoms with Crippen LogP contribution in [-0.2, 0) is 9.59 Å². The van der Waals surface area contributed by atoms with Crippen molar-refractivity contribution in [2.24, 2.45) is 0 Å². The Morgan fingerprint density at radius 3 is 2.14 bits per heavy atom. The SMILES string of the molecule is COc1ccc(C(=O)NN(C(=O)c2ccc(Cl)cc2)C2CC(=O)N(c3ccc(C)cc3)C2=O)cc1. The van der Waals surface area contributed by atoms with Crippen LogP contribution in [0, 0.1) is 6.92 Å². The number of nitrogens with zero attached hydrogens (tertiary/aromatic N) is 2. The maximum Gasteiger partial charge on any atom is 0.273 e. The number of hydrogen-bond donors (Lipinski definition) is 1. The molecule has 1 aliphatic rings. The van der Waals surface area contributed by atoms with Gasteiger partial charge in [0.15, 0.2) is 0 Å². The number of nitrogens with one attached hydrogen (secondary N) is 1. The summed E-state index contributed by atoms with van der Waals surface area (Å²) in [7, 11) is 1.50. The molecule has 1 aliphatic heterocycles. The third-order valence-corrected chi connectivity index (χ3v) is 5.86. The number of imide groups is 1. The molecular weight excluding hydrogens is 470 g/mol. The fourth-order valence-electron chi connectivity index (χ4n) is 3.70. The van der Waals surface area contributed by atoms with Crippen LogP contribution in [0.4, 0.5) is 5.69 Å². The molecule has 178 valence electrons. The minimum atomic E-state index is -1.23. The Morgan fingerprint density at radius 1 is 0.943 bits per heavy atom. The normalized spacial score (nSPS) is 15.2. The number of aryl methyl sites for hydroxylation is 1. The molecule has 8 nitrogen and oxygen atoms in total. The van der Waals surface area contributed by atoms with Gasteiger partial charge in [-0.2, -0.15) is 0 Å². The van der Waals surface area contributed by atoms with Crippen LogP contribution >= 0.6 is 11.6 Å². The van der Waals surface area contributed by atoms with E-state index in [1.54, 1.807) is 36.4 Å². The highest BCUT2D eigenvalue weighted by Gasteiger charge is 2.45. The van der Waals surface area contributed by atoms with Crippen molar-refractivity contribution in [1.82, 2.24) is 10.4 Å². The van der Waals surface area contributed by atoms with Crippen molar-refractivity contribution in [3.8, 4) is 5.75 Å². The standard InChI is InChI=1S/C26H22ClN3O5/c1-16-3-11-20(12-4-16)29-23(31)15-22(26(29)34)30(25(33)18-5-9-19(27)10-6-18)28-24(32)17-7-13-21(35-2)14-8-17/h3-14,22H,15H2,1-2H3,(H,28,32). The molecule has 35 heavy (non-hydrogen) atoms.